The minimum atomic E-state index is -0.597. The van der Waals surface area contributed by atoms with Gasteiger partial charge in [0, 0.05) is 29.2 Å². The van der Waals surface area contributed by atoms with Crippen molar-refractivity contribution in [1.82, 2.24) is 9.97 Å². The molecular formula is C15H16FN3O2. The minimum absolute atomic E-state index is 0.309. The summed E-state index contributed by atoms with van der Waals surface area (Å²) in [6.07, 6.45) is 3.78. The van der Waals surface area contributed by atoms with E-state index in [-0.39, 0.29) is 0 Å². The summed E-state index contributed by atoms with van der Waals surface area (Å²) >= 11 is 0. The number of amides is 1. The van der Waals surface area contributed by atoms with Crippen LogP contribution in [0.2, 0.25) is 0 Å². The number of aromatic nitrogens is 2. The van der Waals surface area contributed by atoms with Crippen molar-refractivity contribution in [2.75, 3.05) is 5.32 Å². The van der Waals surface area contributed by atoms with Gasteiger partial charge < -0.3 is 4.74 Å². The Morgan fingerprint density at radius 3 is 2.52 bits per heavy atom. The maximum absolute atomic E-state index is 13.9. The topological polar surface area (TPSA) is 64.1 Å². The van der Waals surface area contributed by atoms with Crippen LogP contribution in [0.1, 0.15) is 20.8 Å². The Labute approximate surface area is 122 Å². The van der Waals surface area contributed by atoms with E-state index in [2.05, 4.69) is 15.3 Å². The molecule has 0 saturated carbocycles. The summed E-state index contributed by atoms with van der Waals surface area (Å²) in [6, 6.07) is 4.25. The highest BCUT2D eigenvalue weighted by molar-refractivity contribution is 5.86. The van der Waals surface area contributed by atoms with Gasteiger partial charge in [-0.2, -0.15) is 0 Å². The largest absolute Gasteiger partial charge is 0.444 e. The summed E-state index contributed by atoms with van der Waals surface area (Å²) in [4.78, 5) is 19.4. The molecule has 0 unspecified atom stereocenters. The molecule has 6 heteroatoms. The number of nitrogens with one attached hydrogen (secondary N) is 1. The molecule has 1 heterocycles. The number of rotatable bonds is 2. The Bertz CT molecular complexity index is 639. The fourth-order valence-corrected chi connectivity index (χ4v) is 1.68. The second kappa shape index (κ2) is 5.87. The molecule has 0 fully saturated rings. The smallest absolute Gasteiger partial charge is 0.412 e. The van der Waals surface area contributed by atoms with E-state index in [9.17, 15) is 9.18 Å². The standard InChI is InChI=1S/C15H16FN3O2/c1-15(2,3)21-14(20)19-11-4-5-13(16)12(6-11)10-7-17-9-18-8-10/h4-9H,1-3H3,(H,19,20). The van der Waals surface area contributed by atoms with Crippen molar-refractivity contribution in [3.8, 4) is 11.1 Å². The first kappa shape index (κ1) is 14.9. The van der Waals surface area contributed by atoms with Crippen LogP contribution in [0.25, 0.3) is 11.1 Å². The molecule has 0 saturated heterocycles. The van der Waals surface area contributed by atoms with Crippen LogP contribution in [-0.4, -0.2) is 21.7 Å². The number of carbonyl (C=O) groups excluding carboxylic acids is 1. The Hall–Kier alpha value is -2.50. The molecule has 0 aliphatic rings. The fraction of sp³-hybridized carbons (Fsp3) is 0.267. The zero-order chi connectivity index (χ0) is 15.5. The number of hydrogen-bond acceptors (Lipinski definition) is 4. The Morgan fingerprint density at radius 1 is 1.24 bits per heavy atom. The predicted octanol–water partition coefficient (Wildman–Crippen LogP) is 3.63. The summed E-state index contributed by atoms with van der Waals surface area (Å²) in [7, 11) is 0. The Balaban J connectivity index is 2.22. The molecule has 5 nitrogen and oxygen atoms in total. The first-order chi connectivity index (χ1) is 9.85. The second-order valence-corrected chi connectivity index (χ2v) is 5.45. The number of anilines is 1. The van der Waals surface area contributed by atoms with Crippen molar-refractivity contribution in [1.29, 1.82) is 0 Å². The van der Waals surface area contributed by atoms with Crippen LogP contribution >= 0.6 is 0 Å². The van der Waals surface area contributed by atoms with Gasteiger partial charge in [0.1, 0.15) is 17.7 Å². The average Bonchev–Trinajstić information content (AvgIpc) is 2.40. The van der Waals surface area contributed by atoms with Crippen LogP contribution in [0.15, 0.2) is 36.9 Å². The van der Waals surface area contributed by atoms with Gasteiger partial charge in [-0.1, -0.05) is 0 Å². The lowest BCUT2D eigenvalue weighted by Gasteiger charge is -2.19. The van der Waals surface area contributed by atoms with Gasteiger partial charge in [0.05, 0.1) is 0 Å². The molecule has 1 N–H and O–H groups in total. The molecular weight excluding hydrogens is 273 g/mol. The van der Waals surface area contributed by atoms with Crippen molar-refractivity contribution >= 4 is 11.8 Å². The summed E-state index contributed by atoms with van der Waals surface area (Å²) < 4.78 is 19.0. The lowest BCUT2D eigenvalue weighted by atomic mass is 10.1. The summed E-state index contributed by atoms with van der Waals surface area (Å²) in [5.41, 5.74) is 0.678. The van der Waals surface area contributed by atoms with Gasteiger partial charge in [0.15, 0.2) is 0 Å². The van der Waals surface area contributed by atoms with E-state index in [0.29, 0.717) is 16.8 Å². The van der Waals surface area contributed by atoms with Crippen molar-refractivity contribution < 1.29 is 13.9 Å². The zero-order valence-corrected chi connectivity index (χ0v) is 12.1. The monoisotopic (exact) mass is 289 g/mol. The van der Waals surface area contributed by atoms with Gasteiger partial charge >= 0.3 is 6.09 Å². The molecule has 0 aliphatic carbocycles. The maximum atomic E-state index is 13.9. The Morgan fingerprint density at radius 2 is 1.90 bits per heavy atom. The summed E-state index contributed by atoms with van der Waals surface area (Å²) in [5.74, 6) is -0.417. The molecule has 110 valence electrons. The third-order valence-electron chi connectivity index (χ3n) is 2.48. The molecule has 0 spiro atoms. The van der Waals surface area contributed by atoms with Crippen molar-refractivity contribution in [2.24, 2.45) is 0 Å². The maximum Gasteiger partial charge on any atom is 0.412 e. The molecule has 1 amide bonds. The lowest BCUT2D eigenvalue weighted by Crippen LogP contribution is -2.27. The van der Waals surface area contributed by atoms with E-state index in [1.807, 2.05) is 0 Å². The van der Waals surface area contributed by atoms with Crippen LogP contribution in [0.3, 0.4) is 0 Å². The zero-order valence-electron chi connectivity index (χ0n) is 12.1. The highest BCUT2D eigenvalue weighted by Gasteiger charge is 2.16. The number of benzene rings is 1. The van der Waals surface area contributed by atoms with E-state index < -0.39 is 17.5 Å². The Kier molecular flexibility index (Phi) is 4.16. The van der Waals surface area contributed by atoms with E-state index in [1.54, 1.807) is 20.8 Å². The van der Waals surface area contributed by atoms with Crippen molar-refractivity contribution in [3.05, 3.63) is 42.7 Å². The predicted molar refractivity (Wildman–Crippen MR) is 77.3 cm³/mol. The third kappa shape index (κ3) is 4.24. The first-order valence-corrected chi connectivity index (χ1v) is 6.40. The van der Waals surface area contributed by atoms with E-state index in [4.69, 9.17) is 4.74 Å². The fourth-order valence-electron chi connectivity index (χ4n) is 1.68. The van der Waals surface area contributed by atoms with E-state index in [1.165, 1.54) is 36.9 Å². The van der Waals surface area contributed by atoms with Gasteiger partial charge in [-0.15, -0.1) is 0 Å². The van der Waals surface area contributed by atoms with Crippen LogP contribution in [0, 0.1) is 5.82 Å². The highest BCUT2D eigenvalue weighted by atomic mass is 19.1. The molecule has 0 atom stereocenters. The molecule has 0 aliphatic heterocycles. The molecule has 21 heavy (non-hydrogen) atoms. The van der Waals surface area contributed by atoms with Crippen LogP contribution in [0.5, 0.6) is 0 Å². The lowest BCUT2D eigenvalue weighted by molar-refractivity contribution is 0.0636. The highest BCUT2D eigenvalue weighted by Crippen LogP contribution is 2.25. The van der Waals surface area contributed by atoms with Gasteiger partial charge in [0.25, 0.3) is 0 Å². The number of carbonyl (C=O) groups is 1. The number of nitrogens with zero attached hydrogens (tertiary/aromatic N) is 2. The second-order valence-electron chi connectivity index (χ2n) is 5.45. The van der Waals surface area contributed by atoms with Gasteiger partial charge in [-0.05, 0) is 39.0 Å². The number of halogens is 1. The minimum Gasteiger partial charge on any atom is -0.444 e. The summed E-state index contributed by atoms with van der Waals surface area (Å²) in [6.45, 7) is 5.30. The van der Waals surface area contributed by atoms with E-state index >= 15 is 0 Å². The molecule has 1 aromatic heterocycles. The average molecular weight is 289 g/mol. The first-order valence-electron chi connectivity index (χ1n) is 6.40. The molecule has 0 bridgehead atoms. The quantitative estimate of drug-likeness (QED) is 0.917. The molecule has 2 aromatic rings. The summed E-state index contributed by atoms with van der Waals surface area (Å²) in [5, 5.41) is 2.57. The van der Waals surface area contributed by atoms with Crippen LogP contribution in [0.4, 0.5) is 14.9 Å². The van der Waals surface area contributed by atoms with E-state index in [0.717, 1.165) is 0 Å². The van der Waals surface area contributed by atoms with Gasteiger partial charge in [-0.3, -0.25) is 5.32 Å². The van der Waals surface area contributed by atoms with Crippen LogP contribution < -0.4 is 5.32 Å². The molecule has 1 aromatic carbocycles. The molecule has 2 rings (SSSR count). The normalized spacial score (nSPS) is 11.0. The SMILES string of the molecule is CC(C)(C)OC(=O)Nc1ccc(F)c(-c2cncnc2)c1. The number of hydrogen-bond donors (Lipinski definition) is 1. The third-order valence-corrected chi connectivity index (χ3v) is 2.48. The van der Waals surface area contributed by atoms with Crippen molar-refractivity contribution in [2.45, 2.75) is 26.4 Å². The van der Waals surface area contributed by atoms with Gasteiger partial charge in [-0.25, -0.2) is 19.2 Å². The van der Waals surface area contributed by atoms with Crippen LogP contribution in [-0.2, 0) is 4.74 Å². The van der Waals surface area contributed by atoms with Crippen molar-refractivity contribution in [3.63, 3.8) is 0 Å². The number of ether oxygens (including phenoxy) is 1. The van der Waals surface area contributed by atoms with Gasteiger partial charge in [0.2, 0.25) is 0 Å². The molecule has 0 radical (unpaired) electrons.